The van der Waals surface area contributed by atoms with E-state index in [0.717, 1.165) is 39.1 Å². The molecule has 0 aromatic heterocycles. The van der Waals surface area contributed by atoms with Gasteiger partial charge in [-0.15, -0.1) is 0 Å². The van der Waals surface area contributed by atoms with Gasteiger partial charge in [-0.25, -0.2) is 4.79 Å². The zero-order valence-corrected chi connectivity index (χ0v) is 11.4. The second-order valence-electron chi connectivity index (χ2n) is 4.89. The molecule has 5 nitrogen and oxygen atoms in total. The number of carbonyl (C=O) groups is 1. The Hall–Kier alpha value is -0.650. The Kier molecular flexibility index (Phi) is 7.23. The number of carboxylic acids is 1. The van der Waals surface area contributed by atoms with Gasteiger partial charge in [-0.2, -0.15) is 0 Å². The van der Waals surface area contributed by atoms with Crippen molar-refractivity contribution in [2.75, 3.05) is 40.0 Å². The summed E-state index contributed by atoms with van der Waals surface area (Å²) in [6, 6.07) is 0. The Balaban J connectivity index is 2.21. The lowest BCUT2D eigenvalue weighted by molar-refractivity contribution is -0.150. The third-order valence-electron chi connectivity index (χ3n) is 3.33. The minimum absolute atomic E-state index is 0.445. The maximum atomic E-state index is 10.9. The van der Waals surface area contributed by atoms with Crippen molar-refractivity contribution in [3.05, 3.63) is 0 Å². The van der Waals surface area contributed by atoms with Crippen molar-refractivity contribution < 1.29 is 19.4 Å². The van der Waals surface area contributed by atoms with E-state index in [1.54, 1.807) is 0 Å². The molecule has 0 bridgehead atoms. The van der Waals surface area contributed by atoms with E-state index in [1.807, 2.05) is 14.0 Å². The molecule has 1 atom stereocenters. The van der Waals surface area contributed by atoms with Gasteiger partial charge in [0.25, 0.3) is 0 Å². The van der Waals surface area contributed by atoms with Crippen LogP contribution in [-0.2, 0) is 14.3 Å². The molecular formula is C13H25NO4. The molecule has 106 valence electrons. The lowest BCUT2D eigenvalue weighted by Crippen LogP contribution is -2.34. The maximum Gasteiger partial charge on any atom is 0.332 e. The Morgan fingerprint density at radius 3 is 2.72 bits per heavy atom. The molecule has 0 saturated carbocycles. The smallest absolute Gasteiger partial charge is 0.332 e. The lowest BCUT2D eigenvalue weighted by Gasteiger charge is -2.27. The molecule has 18 heavy (non-hydrogen) atoms. The van der Waals surface area contributed by atoms with Crippen LogP contribution in [0.15, 0.2) is 0 Å². The topological polar surface area (TPSA) is 59.0 Å². The highest BCUT2D eigenvalue weighted by Gasteiger charge is 2.20. The molecule has 1 aliphatic heterocycles. The summed E-state index contributed by atoms with van der Waals surface area (Å²) in [6.45, 7) is 5.75. The summed E-state index contributed by atoms with van der Waals surface area (Å²) in [6.07, 6.45) is 2.09. The van der Waals surface area contributed by atoms with Crippen LogP contribution in [0.3, 0.4) is 0 Å². The average molecular weight is 259 g/mol. The summed E-state index contributed by atoms with van der Waals surface area (Å²) < 4.78 is 10.5. The van der Waals surface area contributed by atoms with Crippen LogP contribution in [0.5, 0.6) is 0 Å². The largest absolute Gasteiger partial charge is 0.479 e. The van der Waals surface area contributed by atoms with Crippen LogP contribution >= 0.6 is 0 Å². The maximum absolute atomic E-state index is 10.9. The third kappa shape index (κ3) is 5.80. The summed E-state index contributed by atoms with van der Waals surface area (Å²) in [5.41, 5.74) is 0. The van der Waals surface area contributed by atoms with Gasteiger partial charge in [-0.1, -0.05) is 0 Å². The van der Waals surface area contributed by atoms with Crippen LogP contribution < -0.4 is 0 Å². The Morgan fingerprint density at radius 2 is 2.17 bits per heavy atom. The third-order valence-corrected chi connectivity index (χ3v) is 3.33. The van der Waals surface area contributed by atoms with E-state index in [9.17, 15) is 4.79 Å². The molecule has 0 radical (unpaired) electrons. The summed E-state index contributed by atoms with van der Waals surface area (Å²) in [5.74, 6) is -0.185. The van der Waals surface area contributed by atoms with E-state index in [-0.39, 0.29) is 0 Å². The van der Waals surface area contributed by atoms with Gasteiger partial charge in [0.05, 0.1) is 0 Å². The first-order valence-electron chi connectivity index (χ1n) is 6.74. The minimum Gasteiger partial charge on any atom is -0.479 e. The van der Waals surface area contributed by atoms with E-state index in [4.69, 9.17) is 14.6 Å². The molecule has 1 unspecified atom stereocenters. The van der Waals surface area contributed by atoms with Crippen molar-refractivity contribution in [3.63, 3.8) is 0 Å². The van der Waals surface area contributed by atoms with Crippen LogP contribution in [0.2, 0.25) is 0 Å². The highest BCUT2D eigenvalue weighted by Crippen LogP contribution is 2.15. The fraction of sp³-hybridized carbons (Fsp3) is 0.923. The second-order valence-corrected chi connectivity index (χ2v) is 4.89. The molecule has 0 aromatic rings. The van der Waals surface area contributed by atoms with Gasteiger partial charge in [0.15, 0.2) is 6.10 Å². The van der Waals surface area contributed by atoms with Crippen molar-refractivity contribution >= 4 is 5.97 Å². The first kappa shape index (κ1) is 15.4. The van der Waals surface area contributed by atoms with E-state index < -0.39 is 12.1 Å². The number of carboxylic acid groups (broad SMARTS) is 1. The van der Waals surface area contributed by atoms with Crippen LogP contribution in [-0.4, -0.2) is 62.0 Å². The first-order valence-corrected chi connectivity index (χ1v) is 6.74. The Labute approximate surface area is 109 Å². The molecule has 1 heterocycles. The fourth-order valence-corrected chi connectivity index (χ4v) is 2.28. The number of ether oxygens (including phenoxy) is 2. The van der Waals surface area contributed by atoms with Crippen molar-refractivity contribution in [1.29, 1.82) is 0 Å². The minimum atomic E-state index is -0.865. The molecular weight excluding hydrogens is 234 g/mol. The van der Waals surface area contributed by atoms with Gasteiger partial charge in [-0.05, 0) is 39.2 Å². The van der Waals surface area contributed by atoms with Crippen LogP contribution in [0.1, 0.15) is 26.2 Å². The SMILES string of the molecule is CCOC(CCN(C)CC1CCOCC1)C(=O)O. The zero-order valence-electron chi connectivity index (χ0n) is 11.4. The molecule has 0 amide bonds. The quantitative estimate of drug-likeness (QED) is 0.710. The highest BCUT2D eigenvalue weighted by molar-refractivity contribution is 5.72. The molecule has 1 aliphatic rings. The Bertz CT molecular complexity index is 241. The zero-order chi connectivity index (χ0) is 13.4. The standard InChI is InChI=1S/C13H25NO4/c1-3-18-12(13(15)16)4-7-14(2)10-11-5-8-17-9-6-11/h11-12H,3-10H2,1-2H3,(H,15,16). The van der Waals surface area contributed by atoms with Crippen molar-refractivity contribution in [1.82, 2.24) is 4.90 Å². The summed E-state index contributed by atoms with van der Waals surface area (Å²) in [4.78, 5) is 13.1. The summed E-state index contributed by atoms with van der Waals surface area (Å²) in [7, 11) is 2.04. The van der Waals surface area contributed by atoms with Gasteiger partial charge in [-0.3, -0.25) is 0 Å². The Morgan fingerprint density at radius 1 is 1.50 bits per heavy atom. The predicted molar refractivity (Wildman–Crippen MR) is 68.7 cm³/mol. The van der Waals surface area contributed by atoms with Gasteiger partial charge >= 0.3 is 5.97 Å². The van der Waals surface area contributed by atoms with Crippen molar-refractivity contribution in [2.24, 2.45) is 5.92 Å². The average Bonchev–Trinajstić information content (AvgIpc) is 2.35. The number of hydrogen-bond donors (Lipinski definition) is 1. The molecule has 0 spiro atoms. The van der Waals surface area contributed by atoms with Crippen molar-refractivity contribution in [3.8, 4) is 0 Å². The van der Waals surface area contributed by atoms with Gasteiger partial charge in [0, 0.05) is 32.9 Å². The van der Waals surface area contributed by atoms with E-state index in [0.29, 0.717) is 18.9 Å². The van der Waals surface area contributed by atoms with E-state index >= 15 is 0 Å². The van der Waals surface area contributed by atoms with Gasteiger partial charge in [0.1, 0.15) is 0 Å². The van der Waals surface area contributed by atoms with Gasteiger partial charge < -0.3 is 19.5 Å². The number of hydrogen-bond acceptors (Lipinski definition) is 4. The lowest BCUT2D eigenvalue weighted by atomic mass is 10.00. The van der Waals surface area contributed by atoms with E-state index in [1.165, 1.54) is 0 Å². The van der Waals surface area contributed by atoms with Crippen LogP contribution in [0, 0.1) is 5.92 Å². The molecule has 1 saturated heterocycles. The van der Waals surface area contributed by atoms with Crippen molar-refractivity contribution in [2.45, 2.75) is 32.3 Å². The number of rotatable bonds is 8. The second kappa shape index (κ2) is 8.45. The number of nitrogens with zero attached hydrogens (tertiary/aromatic N) is 1. The summed E-state index contributed by atoms with van der Waals surface area (Å²) >= 11 is 0. The molecule has 0 aromatic carbocycles. The van der Waals surface area contributed by atoms with Crippen LogP contribution in [0.4, 0.5) is 0 Å². The molecule has 5 heteroatoms. The fourth-order valence-electron chi connectivity index (χ4n) is 2.28. The molecule has 0 aliphatic carbocycles. The molecule has 1 N–H and O–H groups in total. The molecule has 1 fully saturated rings. The normalized spacial score (nSPS) is 19.1. The monoisotopic (exact) mass is 259 g/mol. The highest BCUT2D eigenvalue weighted by atomic mass is 16.5. The predicted octanol–water partition coefficient (Wildman–Crippen LogP) is 1.22. The summed E-state index contributed by atoms with van der Waals surface area (Å²) in [5, 5.41) is 8.98. The van der Waals surface area contributed by atoms with E-state index in [2.05, 4.69) is 4.90 Å². The number of aliphatic carboxylic acids is 1. The molecule has 1 rings (SSSR count). The first-order chi connectivity index (χ1) is 8.63. The van der Waals surface area contributed by atoms with Crippen LogP contribution in [0.25, 0.3) is 0 Å². The van der Waals surface area contributed by atoms with Gasteiger partial charge in [0.2, 0.25) is 0 Å².